The number of hydrogen-bond acceptors (Lipinski definition) is 3. The summed E-state index contributed by atoms with van der Waals surface area (Å²) in [4.78, 5) is 20.1. The van der Waals surface area contributed by atoms with E-state index in [0.29, 0.717) is 11.3 Å². The molecule has 2 aromatic rings. The van der Waals surface area contributed by atoms with Crippen LogP contribution in [0.15, 0.2) is 29.1 Å². The summed E-state index contributed by atoms with van der Waals surface area (Å²) in [5, 5.41) is 0. The molecule has 0 saturated heterocycles. The average molecular weight is 315 g/mol. The molecule has 0 fully saturated rings. The Morgan fingerprint density at radius 2 is 1.91 bits per heavy atom. The molecule has 116 valence electrons. The van der Waals surface area contributed by atoms with Crippen molar-refractivity contribution in [3.63, 3.8) is 0 Å². The van der Waals surface area contributed by atoms with Crippen LogP contribution in [-0.4, -0.2) is 21.4 Å². The van der Waals surface area contributed by atoms with Crippen molar-refractivity contribution in [2.75, 3.05) is 6.54 Å². The Balaban J connectivity index is 1.72. The van der Waals surface area contributed by atoms with Gasteiger partial charge in [-0.15, -0.1) is 0 Å². The fourth-order valence-corrected chi connectivity index (χ4v) is 3.22. The van der Waals surface area contributed by atoms with E-state index in [0.717, 1.165) is 37.2 Å². The monoisotopic (exact) mass is 315 g/mol. The van der Waals surface area contributed by atoms with E-state index in [1.54, 1.807) is 0 Å². The quantitative estimate of drug-likeness (QED) is 0.853. The lowest BCUT2D eigenvalue weighted by Gasteiger charge is -2.27. The Bertz CT molecular complexity index is 761. The minimum atomic E-state index is -0.0539. The number of fused-ring (bicyclic) bond motifs is 1. The van der Waals surface area contributed by atoms with Gasteiger partial charge < -0.3 is 4.98 Å². The number of nitrogens with one attached hydrogen (secondary N) is 2. The van der Waals surface area contributed by atoms with Crippen molar-refractivity contribution in [3.05, 3.63) is 61.8 Å². The zero-order chi connectivity index (χ0) is 15.5. The molecule has 0 aliphatic carbocycles. The average Bonchev–Trinajstić information content (AvgIpc) is 2.50. The summed E-state index contributed by atoms with van der Waals surface area (Å²) in [6.07, 6.45) is 3.15. The second kappa shape index (κ2) is 6.58. The maximum atomic E-state index is 12.0. The number of H-pyrrole nitrogens is 2. The van der Waals surface area contributed by atoms with Crippen molar-refractivity contribution in [3.8, 4) is 0 Å². The molecule has 0 bridgehead atoms. The lowest BCUT2D eigenvalue weighted by molar-refractivity contribution is 0.241. The first kappa shape index (κ1) is 15.2. The van der Waals surface area contributed by atoms with Crippen LogP contribution in [0, 0.1) is 4.77 Å². The molecule has 3 rings (SSSR count). The van der Waals surface area contributed by atoms with E-state index < -0.39 is 0 Å². The van der Waals surface area contributed by atoms with Crippen LogP contribution in [0.4, 0.5) is 0 Å². The van der Waals surface area contributed by atoms with E-state index in [1.807, 2.05) is 0 Å². The molecule has 0 saturated carbocycles. The summed E-state index contributed by atoms with van der Waals surface area (Å²) >= 11 is 5.03. The summed E-state index contributed by atoms with van der Waals surface area (Å²) in [5.74, 6) is 0. The molecule has 2 N–H and O–H groups in total. The van der Waals surface area contributed by atoms with Gasteiger partial charge in [-0.1, -0.05) is 37.6 Å². The fraction of sp³-hybridized carbons (Fsp3) is 0.412. The Morgan fingerprint density at radius 1 is 1.18 bits per heavy atom. The van der Waals surface area contributed by atoms with Gasteiger partial charge in [-0.2, -0.15) is 0 Å². The van der Waals surface area contributed by atoms with Crippen LogP contribution in [-0.2, 0) is 25.9 Å². The Labute approximate surface area is 135 Å². The third-order valence-electron chi connectivity index (χ3n) is 4.16. The highest BCUT2D eigenvalue weighted by atomic mass is 32.1. The van der Waals surface area contributed by atoms with Crippen molar-refractivity contribution in [2.45, 2.75) is 39.3 Å². The Hall–Kier alpha value is -1.72. The topological polar surface area (TPSA) is 51.9 Å². The standard InChI is InChI=1S/C17H21N3OS/c1-2-3-12-4-6-13(7-5-12)10-20-9-8-15-14(11-20)16(21)19-17(22)18-15/h4-7H,2-3,8-11H2,1H3,(H2,18,19,21,22). The summed E-state index contributed by atoms with van der Waals surface area (Å²) in [6, 6.07) is 8.81. The second-order valence-electron chi connectivity index (χ2n) is 5.89. The lowest BCUT2D eigenvalue weighted by Crippen LogP contribution is -2.35. The minimum absolute atomic E-state index is 0.0539. The summed E-state index contributed by atoms with van der Waals surface area (Å²) in [5.41, 5.74) is 4.44. The SMILES string of the molecule is CCCc1ccc(CN2CCc3[nH]c(=S)[nH]c(=O)c3C2)cc1. The van der Waals surface area contributed by atoms with Gasteiger partial charge in [0.2, 0.25) is 0 Å². The lowest BCUT2D eigenvalue weighted by atomic mass is 10.0. The first-order valence-corrected chi connectivity index (χ1v) is 8.21. The van der Waals surface area contributed by atoms with Crippen LogP contribution >= 0.6 is 12.2 Å². The molecule has 1 aliphatic heterocycles. The van der Waals surface area contributed by atoms with Gasteiger partial charge in [-0.3, -0.25) is 14.7 Å². The van der Waals surface area contributed by atoms with Gasteiger partial charge in [0.1, 0.15) is 0 Å². The molecule has 0 amide bonds. The van der Waals surface area contributed by atoms with E-state index in [-0.39, 0.29) is 5.56 Å². The number of rotatable bonds is 4. The molecule has 1 aromatic heterocycles. The molecule has 0 spiro atoms. The molecule has 1 aliphatic rings. The maximum Gasteiger partial charge on any atom is 0.256 e. The smallest absolute Gasteiger partial charge is 0.256 e. The predicted octanol–water partition coefficient (Wildman–Crippen LogP) is 2.94. The fourth-order valence-electron chi connectivity index (χ4n) is 3.01. The zero-order valence-electron chi connectivity index (χ0n) is 12.8. The maximum absolute atomic E-state index is 12.0. The molecular weight excluding hydrogens is 294 g/mol. The highest BCUT2D eigenvalue weighted by Gasteiger charge is 2.19. The van der Waals surface area contributed by atoms with Crippen molar-refractivity contribution in [1.29, 1.82) is 0 Å². The predicted molar refractivity (Wildman–Crippen MR) is 90.5 cm³/mol. The van der Waals surface area contributed by atoms with Crippen molar-refractivity contribution >= 4 is 12.2 Å². The van der Waals surface area contributed by atoms with Crippen molar-refractivity contribution < 1.29 is 0 Å². The third kappa shape index (κ3) is 3.36. The molecule has 5 heteroatoms. The van der Waals surface area contributed by atoms with E-state index in [2.05, 4.69) is 46.1 Å². The number of nitrogens with zero attached hydrogens (tertiary/aromatic N) is 1. The van der Waals surface area contributed by atoms with E-state index in [9.17, 15) is 4.79 Å². The third-order valence-corrected chi connectivity index (χ3v) is 4.36. The molecule has 4 nitrogen and oxygen atoms in total. The van der Waals surface area contributed by atoms with Crippen LogP contribution in [0.1, 0.15) is 35.7 Å². The van der Waals surface area contributed by atoms with Crippen LogP contribution in [0.2, 0.25) is 0 Å². The first-order chi connectivity index (χ1) is 10.7. The minimum Gasteiger partial charge on any atom is -0.335 e. The zero-order valence-corrected chi connectivity index (χ0v) is 13.6. The first-order valence-electron chi connectivity index (χ1n) is 7.80. The van der Waals surface area contributed by atoms with E-state index >= 15 is 0 Å². The van der Waals surface area contributed by atoms with Crippen LogP contribution in [0.25, 0.3) is 0 Å². The van der Waals surface area contributed by atoms with Crippen molar-refractivity contribution in [2.24, 2.45) is 0 Å². The van der Waals surface area contributed by atoms with E-state index in [1.165, 1.54) is 17.5 Å². The van der Waals surface area contributed by atoms with Crippen LogP contribution in [0.5, 0.6) is 0 Å². The van der Waals surface area contributed by atoms with Gasteiger partial charge in [0.05, 0.1) is 5.56 Å². The number of aryl methyl sites for hydroxylation is 1. The van der Waals surface area contributed by atoms with Crippen LogP contribution < -0.4 is 5.56 Å². The number of aromatic amines is 2. The highest BCUT2D eigenvalue weighted by Crippen LogP contribution is 2.16. The molecule has 0 radical (unpaired) electrons. The van der Waals surface area contributed by atoms with Gasteiger partial charge >= 0.3 is 0 Å². The Kier molecular flexibility index (Phi) is 4.55. The van der Waals surface area contributed by atoms with Gasteiger partial charge in [-0.05, 0) is 29.8 Å². The van der Waals surface area contributed by atoms with Gasteiger partial charge in [-0.25, -0.2) is 0 Å². The molecule has 0 unspecified atom stereocenters. The van der Waals surface area contributed by atoms with Crippen LogP contribution in [0.3, 0.4) is 0 Å². The van der Waals surface area contributed by atoms with Gasteiger partial charge in [0.25, 0.3) is 5.56 Å². The number of hydrogen-bond donors (Lipinski definition) is 2. The van der Waals surface area contributed by atoms with Gasteiger partial charge in [0, 0.05) is 31.7 Å². The molecule has 0 atom stereocenters. The largest absolute Gasteiger partial charge is 0.335 e. The molecule has 2 heterocycles. The van der Waals surface area contributed by atoms with E-state index in [4.69, 9.17) is 12.2 Å². The Morgan fingerprint density at radius 3 is 2.64 bits per heavy atom. The van der Waals surface area contributed by atoms with Gasteiger partial charge in [0.15, 0.2) is 4.77 Å². The summed E-state index contributed by atoms with van der Waals surface area (Å²) in [6.45, 7) is 4.69. The molecule has 22 heavy (non-hydrogen) atoms. The second-order valence-corrected chi connectivity index (χ2v) is 6.30. The normalized spacial score (nSPS) is 14.8. The molecule has 1 aromatic carbocycles. The summed E-state index contributed by atoms with van der Waals surface area (Å²) < 4.78 is 0.420. The highest BCUT2D eigenvalue weighted by molar-refractivity contribution is 7.71. The van der Waals surface area contributed by atoms with Crippen molar-refractivity contribution in [1.82, 2.24) is 14.9 Å². The number of aromatic nitrogens is 2. The summed E-state index contributed by atoms with van der Waals surface area (Å²) in [7, 11) is 0. The molecular formula is C17H21N3OS. The number of benzene rings is 1.